The molecule has 1 N–H and O–H groups in total. The Morgan fingerprint density at radius 1 is 1.22 bits per heavy atom. The minimum Gasteiger partial charge on any atom is -0.387 e. The van der Waals surface area contributed by atoms with Crippen LogP contribution in [0.15, 0.2) is 53.0 Å². The summed E-state index contributed by atoms with van der Waals surface area (Å²) < 4.78 is 26.6. The molecule has 1 aliphatic heterocycles. The Bertz CT molecular complexity index is 1080. The van der Waals surface area contributed by atoms with Gasteiger partial charge in [-0.05, 0) is 42.2 Å². The van der Waals surface area contributed by atoms with Gasteiger partial charge in [-0.2, -0.15) is 0 Å². The Morgan fingerprint density at radius 2 is 2.04 bits per heavy atom. The number of aliphatic hydroxyl groups excluding tert-OH is 1. The molecule has 2 unspecified atom stereocenters. The highest BCUT2D eigenvalue weighted by atomic mass is 79.9. The monoisotopic (exact) mass is 448 g/mol. The lowest BCUT2D eigenvalue weighted by Crippen LogP contribution is -2.15. The fourth-order valence-electron chi connectivity index (χ4n) is 3.77. The zero-order valence-electron chi connectivity index (χ0n) is 14.8. The summed E-state index contributed by atoms with van der Waals surface area (Å²) in [4.78, 5) is 4.74. The van der Waals surface area contributed by atoms with E-state index in [0.717, 1.165) is 26.9 Å². The largest absolute Gasteiger partial charge is 0.387 e. The lowest BCUT2D eigenvalue weighted by Gasteiger charge is -2.16. The molecular formula is C20H21BrN2O3S. The van der Waals surface area contributed by atoms with Crippen molar-refractivity contribution in [3.8, 4) is 0 Å². The predicted octanol–water partition coefficient (Wildman–Crippen LogP) is 3.51. The van der Waals surface area contributed by atoms with Crippen molar-refractivity contribution in [2.45, 2.75) is 25.5 Å². The molecule has 1 saturated heterocycles. The van der Waals surface area contributed by atoms with Crippen LogP contribution in [0.2, 0.25) is 0 Å². The molecule has 2 atom stereocenters. The summed E-state index contributed by atoms with van der Waals surface area (Å²) in [5, 5.41) is 10.8. The van der Waals surface area contributed by atoms with Crippen molar-refractivity contribution >= 4 is 36.8 Å². The average Bonchev–Trinajstić information content (AvgIpc) is 3.15. The second-order valence-corrected chi connectivity index (χ2v) is 10.3. The second kappa shape index (κ2) is 7.37. The van der Waals surface area contributed by atoms with Crippen LogP contribution in [0, 0.1) is 5.92 Å². The molecule has 142 valence electrons. The second-order valence-electron chi connectivity index (χ2n) is 7.17. The van der Waals surface area contributed by atoms with Crippen molar-refractivity contribution in [1.82, 2.24) is 9.55 Å². The van der Waals surface area contributed by atoms with Gasteiger partial charge in [0.1, 0.15) is 5.82 Å². The predicted molar refractivity (Wildman–Crippen MR) is 109 cm³/mol. The van der Waals surface area contributed by atoms with E-state index in [1.807, 2.05) is 53.1 Å². The smallest absolute Gasteiger partial charge is 0.150 e. The fraction of sp³-hybridized carbons (Fsp3) is 0.350. The van der Waals surface area contributed by atoms with Gasteiger partial charge in [0.25, 0.3) is 0 Å². The van der Waals surface area contributed by atoms with E-state index in [4.69, 9.17) is 4.98 Å². The third-order valence-electron chi connectivity index (χ3n) is 5.12. The molecule has 2 heterocycles. The number of hydrogen-bond acceptors (Lipinski definition) is 4. The maximum Gasteiger partial charge on any atom is 0.150 e. The van der Waals surface area contributed by atoms with Crippen molar-refractivity contribution in [2.75, 3.05) is 11.5 Å². The van der Waals surface area contributed by atoms with Gasteiger partial charge < -0.3 is 9.67 Å². The standard InChI is InChI=1S/C20H21BrN2O3S/c21-16-5-3-4-15(11-16)19(24)12-23-18-7-2-1-6-17(18)22-20(23)10-14-8-9-27(25,26)13-14/h1-7,11,14,19,24H,8-10,12-13H2. The van der Waals surface area contributed by atoms with E-state index in [2.05, 4.69) is 15.9 Å². The van der Waals surface area contributed by atoms with E-state index >= 15 is 0 Å². The van der Waals surface area contributed by atoms with Crippen LogP contribution in [0.5, 0.6) is 0 Å². The van der Waals surface area contributed by atoms with Gasteiger partial charge in [-0.25, -0.2) is 13.4 Å². The summed E-state index contributed by atoms with van der Waals surface area (Å²) in [5.74, 6) is 1.42. The van der Waals surface area contributed by atoms with Gasteiger partial charge >= 0.3 is 0 Å². The summed E-state index contributed by atoms with van der Waals surface area (Å²) in [6.07, 6.45) is 0.616. The van der Waals surface area contributed by atoms with Crippen LogP contribution in [-0.4, -0.2) is 34.6 Å². The molecule has 2 aromatic carbocycles. The van der Waals surface area contributed by atoms with Gasteiger partial charge in [0.2, 0.25) is 0 Å². The van der Waals surface area contributed by atoms with Crippen molar-refractivity contribution < 1.29 is 13.5 Å². The number of sulfone groups is 1. The van der Waals surface area contributed by atoms with Crippen LogP contribution in [0.25, 0.3) is 11.0 Å². The van der Waals surface area contributed by atoms with Gasteiger partial charge in [0.15, 0.2) is 9.84 Å². The number of aliphatic hydroxyl groups is 1. The summed E-state index contributed by atoms with van der Waals surface area (Å²) in [7, 11) is -2.92. The van der Waals surface area contributed by atoms with E-state index in [1.165, 1.54) is 0 Å². The van der Waals surface area contributed by atoms with Gasteiger partial charge in [-0.3, -0.25) is 0 Å². The lowest BCUT2D eigenvalue weighted by atomic mass is 10.0. The normalized spacial score (nSPS) is 20.1. The van der Waals surface area contributed by atoms with Crippen LogP contribution >= 0.6 is 15.9 Å². The number of nitrogens with zero attached hydrogens (tertiary/aromatic N) is 2. The first-order valence-electron chi connectivity index (χ1n) is 8.99. The topological polar surface area (TPSA) is 72.2 Å². The molecule has 1 aromatic heterocycles. The number of halogens is 1. The SMILES string of the molecule is O=S1(=O)CCC(Cc2nc3ccccc3n2CC(O)c2cccc(Br)c2)C1. The van der Waals surface area contributed by atoms with E-state index in [-0.39, 0.29) is 17.4 Å². The first-order valence-corrected chi connectivity index (χ1v) is 11.6. The Hall–Kier alpha value is -1.70. The molecule has 1 fully saturated rings. The van der Waals surface area contributed by atoms with E-state index in [9.17, 15) is 13.5 Å². The molecule has 27 heavy (non-hydrogen) atoms. The van der Waals surface area contributed by atoms with Crippen LogP contribution in [0.1, 0.15) is 23.9 Å². The van der Waals surface area contributed by atoms with Crippen LogP contribution < -0.4 is 0 Å². The number of hydrogen-bond donors (Lipinski definition) is 1. The average molecular weight is 449 g/mol. The first-order chi connectivity index (χ1) is 12.9. The zero-order valence-corrected chi connectivity index (χ0v) is 17.2. The number of para-hydroxylation sites is 2. The van der Waals surface area contributed by atoms with Crippen LogP contribution in [0.3, 0.4) is 0 Å². The highest BCUT2D eigenvalue weighted by Gasteiger charge is 2.29. The number of aromatic nitrogens is 2. The van der Waals surface area contributed by atoms with E-state index in [0.29, 0.717) is 19.4 Å². The molecule has 3 aromatic rings. The Morgan fingerprint density at radius 3 is 2.78 bits per heavy atom. The summed E-state index contributed by atoms with van der Waals surface area (Å²) in [6.45, 7) is 0.381. The van der Waals surface area contributed by atoms with Crippen molar-refractivity contribution in [2.24, 2.45) is 5.92 Å². The minimum absolute atomic E-state index is 0.0913. The molecule has 0 amide bonds. The molecule has 0 aliphatic carbocycles. The summed E-state index contributed by atoms with van der Waals surface area (Å²) in [6, 6.07) is 15.5. The quantitative estimate of drug-likeness (QED) is 0.647. The number of benzene rings is 2. The third-order valence-corrected chi connectivity index (χ3v) is 7.45. The molecule has 0 spiro atoms. The van der Waals surface area contributed by atoms with Crippen LogP contribution in [0.4, 0.5) is 0 Å². The molecule has 7 heteroatoms. The minimum atomic E-state index is -2.92. The lowest BCUT2D eigenvalue weighted by molar-refractivity contribution is 0.156. The fourth-order valence-corrected chi connectivity index (χ4v) is 6.05. The summed E-state index contributed by atoms with van der Waals surface area (Å²) in [5.41, 5.74) is 2.66. The highest BCUT2D eigenvalue weighted by molar-refractivity contribution is 9.10. The first kappa shape index (κ1) is 18.7. The molecular weight excluding hydrogens is 428 g/mol. The van der Waals surface area contributed by atoms with Crippen molar-refractivity contribution in [1.29, 1.82) is 0 Å². The maximum atomic E-state index is 11.8. The van der Waals surface area contributed by atoms with Crippen molar-refractivity contribution in [3.63, 3.8) is 0 Å². The van der Waals surface area contributed by atoms with Gasteiger partial charge in [-0.15, -0.1) is 0 Å². The Labute approximate surface area is 167 Å². The molecule has 4 rings (SSSR count). The third kappa shape index (κ3) is 4.10. The van der Waals surface area contributed by atoms with Gasteiger partial charge in [0, 0.05) is 10.9 Å². The van der Waals surface area contributed by atoms with E-state index in [1.54, 1.807) is 0 Å². The molecule has 5 nitrogen and oxygen atoms in total. The van der Waals surface area contributed by atoms with Gasteiger partial charge in [-0.1, -0.05) is 40.2 Å². The zero-order chi connectivity index (χ0) is 19.0. The summed E-state index contributed by atoms with van der Waals surface area (Å²) >= 11 is 3.44. The van der Waals surface area contributed by atoms with E-state index < -0.39 is 15.9 Å². The molecule has 0 bridgehead atoms. The molecule has 0 radical (unpaired) electrons. The Balaban J connectivity index is 1.66. The Kier molecular flexibility index (Phi) is 5.09. The number of fused-ring (bicyclic) bond motifs is 1. The molecule has 0 saturated carbocycles. The highest BCUT2D eigenvalue weighted by Crippen LogP contribution is 2.27. The van der Waals surface area contributed by atoms with Crippen molar-refractivity contribution in [3.05, 3.63) is 64.4 Å². The van der Waals surface area contributed by atoms with Gasteiger partial charge in [0.05, 0.1) is 35.2 Å². The maximum absolute atomic E-state index is 11.8. The molecule has 1 aliphatic rings. The number of rotatable bonds is 5. The number of imidazole rings is 1. The van der Waals surface area contributed by atoms with Crippen LogP contribution in [-0.2, 0) is 22.8 Å².